The highest BCUT2D eigenvalue weighted by atomic mass is 16.5. The molecule has 0 bridgehead atoms. The van der Waals surface area contributed by atoms with Gasteiger partial charge in [-0.05, 0) is 67.6 Å². The zero-order valence-electron chi connectivity index (χ0n) is 24.4. The van der Waals surface area contributed by atoms with Crippen molar-refractivity contribution in [1.29, 1.82) is 0 Å². The smallest absolute Gasteiger partial charge is 0.223 e. The molecule has 1 saturated heterocycles. The fourth-order valence-electron chi connectivity index (χ4n) is 5.01. The van der Waals surface area contributed by atoms with Gasteiger partial charge < -0.3 is 35.1 Å². The van der Waals surface area contributed by atoms with Gasteiger partial charge in [0, 0.05) is 51.4 Å². The number of carbonyl (C=O) groups is 1. The molecule has 0 aromatic heterocycles. The quantitative estimate of drug-likeness (QED) is 0.258. The molecule has 1 aromatic rings. The van der Waals surface area contributed by atoms with Gasteiger partial charge in [0.2, 0.25) is 5.91 Å². The number of hydrogen-bond donors (Lipinski definition) is 3. The van der Waals surface area contributed by atoms with Gasteiger partial charge >= 0.3 is 0 Å². The first-order valence-corrected chi connectivity index (χ1v) is 14.3. The first kappa shape index (κ1) is 32.3. The summed E-state index contributed by atoms with van der Waals surface area (Å²) in [6.07, 6.45) is 3.56. The number of hydrogen-bond acceptors (Lipinski definition) is 7. The molecule has 4 atom stereocenters. The molecule has 0 radical (unpaired) electrons. The van der Waals surface area contributed by atoms with Crippen molar-refractivity contribution in [2.45, 2.75) is 84.4 Å². The third kappa shape index (κ3) is 10.7. The number of aliphatic hydroxyl groups is 1. The standard InChI is InChI=1S/C30H52N2O6/c1-20(2)23(16-22-8-9-28(36-6)29(17-22)38-13-7-12-35-5)18-26(31)27(33)19-25(21(3)4)30(34)32-24-10-14-37-15-11-24/h8-9,17,20-21,23-27,33H,7,10-16,18-19,31H2,1-6H3,(H,32,34). The molecule has 8 heteroatoms. The highest BCUT2D eigenvalue weighted by Crippen LogP contribution is 2.32. The summed E-state index contributed by atoms with van der Waals surface area (Å²) >= 11 is 0. The molecular formula is C30H52N2O6. The Morgan fingerprint density at radius 1 is 1.08 bits per heavy atom. The lowest BCUT2D eigenvalue weighted by atomic mass is 9.80. The molecule has 1 aliphatic heterocycles. The van der Waals surface area contributed by atoms with Crippen LogP contribution in [0.15, 0.2) is 18.2 Å². The lowest BCUT2D eigenvalue weighted by molar-refractivity contribution is -0.129. The molecule has 1 amide bonds. The van der Waals surface area contributed by atoms with Crippen LogP contribution in [0.4, 0.5) is 0 Å². The number of methoxy groups -OCH3 is 2. The summed E-state index contributed by atoms with van der Waals surface area (Å²) in [7, 11) is 3.32. The molecular weight excluding hydrogens is 484 g/mol. The van der Waals surface area contributed by atoms with Crippen LogP contribution in [0.25, 0.3) is 0 Å². The Bertz CT molecular complexity index is 812. The van der Waals surface area contributed by atoms with E-state index < -0.39 is 12.1 Å². The van der Waals surface area contributed by atoms with E-state index in [1.54, 1.807) is 14.2 Å². The van der Waals surface area contributed by atoms with Gasteiger partial charge in [-0.25, -0.2) is 0 Å². The second kappa shape index (κ2) is 17.0. The van der Waals surface area contributed by atoms with E-state index in [1.165, 1.54) is 0 Å². The van der Waals surface area contributed by atoms with Crippen LogP contribution in [-0.4, -0.2) is 69.8 Å². The fourth-order valence-corrected chi connectivity index (χ4v) is 5.01. The van der Waals surface area contributed by atoms with Crippen molar-refractivity contribution in [3.05, 3.63) is 23.8 Å². The fraction of sp³-hybridized carbons (Fsp3) is 0.767. The lowest BCUT2D eigenvalue weighted by Gasteiger charge is -2.31. The van der Waals surface area contributed by atoms with E-state index in [9.17, 15) is 9.90 Å². The number of amides is 1. The van der Waals surface area contributed by atoms with Gasteiger partial charge in [-0.2, -0.15) is 0 Å². The number of aliphatic hydroxyl groups excluding tert-OH is 1. The minimum atomic E-state index is -0.750. The summed E-state index contributed by atoms with van der Waals surface area (Å²) in [5, 5.41) is 14.2. The molecule has 8 nitrogen and oxygen atoms in total. The predicted octanol–water partition coefficient (Wildman–Crippen LogP) is 3.96. The molecule has 1 heterocycles. The van der Waals surface area contributed by atoms with Crippen molar-refractivity contribution in [1.82, 2.24) is 5.32 Å². The summed E-state index contributed by atoms with van der Waals surface area (Å²) in [6, 6.07) is 5.78. The van der Waals surface area contributed by atoms with Crippen LogP contribution in [0.1, 0.15) is 65.4 Å². The van der Waals surface area contributed by atoms with Crippen LogP contribution in [0.5, 0.6) is 11.5 Å². The second-order valence-corrected chi connectivity index (χ2v) is 11.3. The largest absolute Gasteiger partial charge is 0.493 e. The number of ether oxygens (including phenoxy) is 4. The van der Waals surface area contributed by atoms with Crippen LogP contribution in [0, 0.1) is 23.7 Å². The van der Waals surface area contributed by atoms with Crippen molar-refractivity contribution >= 4 is 5.91 Å². The Labute approximate surface area is 229 Å². The van der Waals surface area contributed by atoms with Gasteiger partial charge in [-0.3, -0.25) is 4.79 Å². The zero-order chi connectivity index (χ0) is 28.1. The Balaban J connectivity index is 2.00. The highest BCUT2D eigenvalue weighted by molar-refractivity contribution is 5.79. The average Bonchev–Trinajstić information content (AvgIpc) is 2.89. The van der Waals surface area contributed by atoms with E-state index >= 15 is 0 Å². The van der Waals surface area contributed by atoms with Crippen molar-refractivity contribution in [2.24, 2.45) is 29.4 Å². The topological polar surface area (TPSA) is 112 Å². The van der Waals surface area contributed by atoms with E-state index in [4.69, 9.17) is 24.7 Å². The molecule has 4 unspecified atom stereocenters. The van der Waals surface area contributed by atoms with Gasteiger partial charge in [-0.15, -0.1) is 0 Å². The monoisotopic (exact) mass is 536 g/mol. The van der Waals surface area contributed by atoms with E-state index in [2.05, 4.69) is 25.2 Å². The van der Waals surface area contributed by atoms with Crippen LogP contribution in [0.2, 0.25) is 0 Å². The maximum Gasteiger partial charge on any atom is 0.223 e. The van der Waals surface area contributed by atoms with Gasteiger partial charge in [-0.1, -0.05) is 33.8 Å². The zero-order valence-corrected chi connectivity index (χ0v) is 24.4. The molecule has 38 heavy (non-hydrogen) atoms. The first-order valence-electron chi connectivity index (χ1n) is 14.3. The maximum atomic E-state index is 13.0. The molecule has 218 valence electrons. The molecule has 0 aliphatic carbocycles. The summed E-state index contributed by atoms with van der Waals surface area (Å²) in [6.45, 7) is 11.0. The van der Waals surface area contributed by atoms with E-state index in [0.717, 1.165) is 37.0 Å². The van der Waals surface area contributed by atoms with Gasteiger partial charge in [0.15, 0.2) is 11.5 Å². The van der Waals surface area contributed by atoms with E-state index in [0.29, 0.717) is 50.9 Å². The normalized spacial score (nSPS) is 17.7. The van der Waals surface area contributed by atoms with Crippen molar-refractivity contribution in [2.75, 3.05) is 40.6 Å². The second-order valence-electron chi connectivity index (χ2n) is 11.3. The SMILES string of the molecule is COCCCOc1cc(CC(CC(N)C(O)CC(C(=O)NC2CCOCC2)C(C)C)C(C)C)ccc1OC. The Hall–Kier alpha value is -1.87. The first-order chi connectivity index (χ1) is 18.2. The molecule has 2 rings (SSSR count). The highest BCUT2D eigenvalue weighted by Gasteiger charge is 2.31. The van der Waals surface area contributed by atoms with Crippen molar-refractivity contribution < 1.29 is 28.8 Å². The molecule has 1 aliphatic rings. The van der Waals surface area contributed by atoms with Crippen LogP contribution in [0.3, 0.4) is 0 Å². The van der Waals surface area contributed by atoms with Gasteiger partial charge in [0.05, 0.1) is 19.8 Å². The van der Waals surface area contributed by atoms with Crippen LogP contribution >= 0.6 is 0 Å². The number of nitrogens with two attached hydrogens (primary N) is 1. The number of carbonyl (C=O) groups excluding carboxylic acids is 1. The minimum Gasteiger partial charge on any atom is -0.493 e. The molecule has 0 saturated carbocycles. The molecule has 4 N–H and O–H groups in total. The predicted molar refractivity (Wildman–Crippen MR) is 151 cm³/mol. The third-order valence-corrected chi connectivity index (χ3v) is 7.69. The van der Waals surface area contributed by atoms with Crippen LogP contribution in [-0.2, 0) is 20.7 Å². The van der Waals surface area contributed by atoms with Crippen LogP contribution < -0.4 is 20.5 Å². The Kier molecular flexibility index (Phi) is 14.4. The van der Waals surface area contributed by atoms with Crippen molar-refractivity contribution in [3.8, 4) is 11.5 Å². The Morgan fingerprint density at radius 3 is 2.39 bits per heavy atom. The number of rotatable bonds is 17. The van der Waals surface area contributed by atoms with E-state index in [1.807, 2.05) is 26.0 Å². The van der Waals surface area contributed by atoms with Gasteiger partial charge in [0.25, 0.3) is 0 Å². The van der Waals surface area contributed by atoms with Gasteiger partial charge in [0.1, 0.15) is 0 Å². The van der Waals surface area contributed by atoms with Crippen molar-refractivity contribution in [3.63, 3.8) is 0 Å². The molecule has 1 aromatic carbocycles. The Morgan fingerprint density at radius 2 is 1.79 bits per heavy atom. The summed E-state index contributed by atoms with van der Waals surface area (Å²) < 4.78 is 22.0. The summed E-state index contributed by atoms with van der Waals surface area (Å²) in [5.41, 5.74) is 7.70. The summed E-state index contributed by atoms with van der Waals surface area (Å²) in [4.78, 5) is 13.0. The molecule has 0 spiro atoms. The lowest BCUT2D eigenvalue weighted by Crippen LogP contribution is -2.46. The molecule has 1 fully saturated rings. The average molecular weight is 537 g/mol. The number of nitrogens with one attached hydrogen (secondary N) is 1. The number of benzene rings is 1. The maximum absolute atomic E-state index is 13.0. The van der Waals surface area contributed by atoms with E-state index in [-0.39, 0.29) is 29.7 Å². The summed E-state index contributed by atoms with van der Waals surface area (Å²) in [5.74, 6) is 1.91. The third-order valence-electron chi connectivity index (χ3n) is 7.69. The minimum absolute atomic E-state index is 0.00909.